The quantitative estimate of drug-likeness (QED) is 0.716. The molecule has 3 aromatic rings. The molecule has 0 N–H and O–H groups in total. The van der Waals surface area contributed by atoms with Gasteiger partial charge in [-0.2, -0.15) is 13.2 Å². The number of hydrogen-bond acceptors (Lipinski definition) is 5. The summed E-state index contributed by atoms with van der Waals surface area (Å²) < 4.78 is 50.6. The number of fused-ring (bicyclic) bond motifs is 1. The Morgan fingerprint density at radius 1 is 1.16 bits per heavy atom. The first-order chi connectivity index (χ1) is 11.7. The minimum atomic E-state index is -4.62. The predicted octanol–water partition coefficient (Wildman–Crippen LogP) is 1.82. The molecular weight excluding hydrogens is 343 g/mol. The summed E-state index contributed by atoms with van der Waals surface area (Å²) in [6, 6.07) is 5.02. The second-order valence-corrected chi connectivity index (χ2v) is 5.35. The lowest BCUT2D eigenvalue weighted by Crippen LogP contribution is -2.38. The van der Waals surface area contributed by atoms with Crippen LogP contribution in [0.4, 0.5) is 13.2 Å². The summed E-state index contributed by atoms with van der Waals surface area (Å²) in [6.45, 7) is -0.117. The molecule has 0 amide bonds. The summed E-state index contributed by atoms with van der Waals surface area (Å²) >= 11 is 0. The normalized spacial score (nSPS) is 11.9. The van der Waals surface area contributed by atoms with E-state index in [0.29, 0.717) is 5.69 Å². The van der Waals surface area contributed by atoms with Crippen molar-refractivity contribution in [2.24, 2.45) is 14.1 Å². The highest BCUT2D eigenvalue weighted by atomic mass is 19.4. The van der Waals surface area contributed by atoms with Crippen LogP contribution in [0.1, 0.15) is 11.4 Å². The molecule has 0 aliphatic carbocycles. The van der Waals surface area contributed by atoms with Gasteiger partial charge in [-0.15, -0.1) is 0 Å². The van der Waals surface area contributed by atoms with Crippen molar-refractivity contribution in [3.63, 3.8) is 0 Å². The van der Waals surface area contributed by atoms with Gasteiger partial charge in [0.05, 0.1) is 11.1 Å². The third kappa shape index (κ3) is 3.02. The molecular formula is C15H12F3N3O4. The van der Waals surface area contributed by atoms with Crippen molar-refractivity contribution in [2.45, 2.75) is 12.8 Å². The van der Waals surface area contributed by atoms with Crippen molar-refractivity contribution in [1.29, 1.82) is 0 Å². The van der Waals surface area contributed by atoms with Crippen LogP contribution in [0.15, 0.2) is 38.4 Å². The molecule has 0 bridgehead atoms. The third-order valence-corrected chi connectivity index (χ3v) is 3.72. The van der Waals surface area contributed by atoms with Crippen molar-refractivity contribution in [2.75, 3.05) is 0 Å². The fraction of sp³-hybridized carbons (Fsp3) is 0.267. The van der Waals surface area contributed by atoms with Crippen LogP contribution >= 0.6 is 0 Å². The van der Waals surface area contributed by atoms with Crippen LogP contribution in [0.5, 0.6) is 5.75 Å². The van der Waals surface area contributed by atoms with E-state index < -0.39 is 23.1 Å². The van der Waals surface area contributed by atoms with Gasteiger partial charge in [-0.3, -0.25) is 13.9 Å². The summed E-state index contributed by atoms with van der Waals surface area (Å²) in [5.74, 6) is 0.213. The Morgan fingerprint density at radius 3 is 2.56 bits per heavy atom. The lowest BCUT2D eigenvalue weighted by Gasteiger charge is -2.10. The van der Waals surface area contributed by atoms with E-state index in [-0.39, 0.29) is 23.3 Å². The van der Waals surface area contributed by atoms with Gasteiger partial charge in [0.15, 0.2) is 11.3 Å². The third-order valence-electron chi connectivity index (χ3n) is 3.72. The summed E-state index contributed by atoms with van der Waals surface area (Å²) in [4.78, 5) is 23.5. The average molecular weight is 355 g/mol. The number of rotatable bonds is 3. The van der Waals surface area contributed by atoms with Crippen LogP contribution in [0.3, 0.4) is 0 Å². The maximum absolute atomic E-state index is 12.8. The van der Waals surface area contributed by atoms with Crippen molar-refractivity contribution in [1.82, 2.24) is 14.3 Å². The smallest absolute Gasteiger partial charge is 0.437 e. The van der Waals surface area contributed by atoms with E-state index in [1.165, 1.54) is 42.9 Å². The predicted molar refractivity (Wildman–Crippen MR) is 80.3 cm³/mol. The molecule has 0 aliphatic heterocycles. The minimum absolute atomic E-state index is 0.0808. The van der Waals surface area contributed by atoms with Gasteiger partial charge in [-0.25, -0.2) is 4.79 Å². The van der Waals surface area contributed by atoms with E-state index in [1.54, 1.807) is 0 Å². The molecule has 2 heterocycles. The zero-order valence-corrected chi connectivity index (χ0v) is 13.1. The molecule has 10 heteroatoms. The number of halogens is 3. The molecule has 25 heavy (non-hydrogen) atoms. The molecule has 0 aliphatic rings. The summed E-state index contributed by atoms with van der Waals surface area (Å²) in [5, 5.41) is 2.85. The molecule has 132 valence electrons. The Hall–Kier alpha value is -3.04. The van der Waals surface area contributed by atoms with Crippen LogP contribution in [0, 0.1) is 0 Å². The first kappa shape index (κ1) is 16.8. The maximum Gasteiger partial charge on any atom is 0.437 e. The summed E-state index contributed by atoms with van der Waals surface area (Å²) in [7, 11) is 2.83. The average Bonchev–Trinajstić information content (AvgIpc) is 2.98. The van der Waals surface area contributed by atoms with Gasteiger partial charge in [0.2, 0.25) is 0 Å². The molecule has 1 aromatic carbocycles. The Bertz CT molecular complexity index is 1060. The number of aromatic nitrogens is 3. The van der Waals surface area contributed by atoms with Crippen LogP contribution < -0.4 is 16.0 Å². The van der Waals surface area contributed by atoms with E-state index >= 15 is 0 Å². The summed E-state index contributed by atoms with van der Waals surface area (Å²) in [5.41, 5.74) is -1.86. The van der Waals surface area contributed by atoms with Gasteiger partial charge < -0.3 is 9.26 Å². The maximum atomic E-state index is 12.8. The number of hydrogen-bond donors (Lipinski definition) is 0. The van der Waals surface area contributed by atoms with Gasteiger partial charge in [0.25, 0.3) is 5.56 Å². The lowest BCUT2D eigenvalue weighted by molar-refractivity contribution is -0.141. The standard InChI is InChI=1S/C15H12F3N3O4/c1-20-8(5-12(22)21(2)14(20)23)7-24-9-3-4-10-11(6-9)25-19-13(10)15(16,17)18/h3-6H,7H2,1-2H3. The van der Waals surface area contributed by atoms with Crippen molar-refractivity contribution >= 4 is 11.0 Å². The first-order valence-electron chi connectivity index (χ1n) is 7.04. The molecule has 0 saturated carbocycles. The van der Waals surface area contributed by atoms with Crippen molar-refractivity contribution < 1.29 is 22.4 Å². The molecule has 0 saturated heterocycles. The minimum Gasteiger partial charge on any atom is -0.487 e. The molecule has 7 nitrogen and oxygen atoms in total. The fourth-order valence-corrected chi connectivity index (χ4v) is 2.29. The van der Waals surface area contributed by atoms with Crippen LogP contribution in [0.25, 0.3) is 11.0 Å². The summed E-state index contributed by atoms with van der Waals surface area (Å²) in [6.07, 6.45) is -4.62. The van der Waals surface area contributed by atoms with E-state index in [2.05, 4.69) is 9.68 Å². The molecule has 0 unspecified atom stereocenters. The molecule has 0 atom stereocenters. The van der Waals surface area contributed by atoms with Gasteiger partial charge in [-0.1, -0.05) is 5.16 Å². The lowest BCUT2D eigenvalue weighted by atomic mass is 10.2. The SMILES string of the molecule is Cn1c(COc2ccc3c(C(F)(F)F)noc3c2)cc(=O)n(C)c1=O. The van der Waals surface area contributed by atoms with Crippen LogP contribution in [0.2, 0.25) is 0 Å². The monoisotopic (exact) mass is 355 g/mol. The van der Waals surface area contributed by atoms with Crippen molar-refractivity contribution in [3.8, 4) is 5.75 Å². The van der Waals surface area contributed by atoms with E-state index in [1.807, 2.05) is 0 Å². The van der Waals surface area contributed by atoms with Crippen LogP contribution in [-0.4, -0.2) is 14.3 Å². The highest BCUT2D eigenvalue weighted by molar-refractivity contribution is 5.81. The fourth-order valence-electron chi connectivity index (χ4n) is 2.29. The van der Waals surface area contributed by atoms with Gasteiger partial charge in [0, 0.05) is 26.2 Å². The second kappa shape index (κ2) is 5.80. The molecule has 0 radical (unpaired) electrons. The molecule has 0 spiro atoms. The van der Waals surface area contributed by atoms with Gasteiger partial charge in [-0.05, 0) is 12.1 Å². The molecule has 3 rings (SSSR count). The highest BCUT2D eigenvalue weighted by Gasteiger charge is 2.37. The van der Waals surface area contributed by atoms with E-state index in [4.69, 9.17) is 4.74 Å². The topological polar surface area (TPSA) is 79.3 Å². The zero-order chi connectivity index (χ0) is 18.4. The van der Waals surface area contributed by atoms with Crippen molar-refractivity contribution in [3.05, 3.63) is 56.5 Å². The molecule has 2 aromatic heterocycles. The van der Waals surface area contributed by atoms with Crippen LogP contribution in [-0.2, 0) is 26.9 Å². The Balaban J connectivity index is 1.88. The Morgan fingerprint density at radius 2 is 1.88 bits per heavy atom. The van der Waals surface area contributed by atoms with E-state index in [0.717, 1.165) is 4.57 Å². The Kier molecular flexibility index (Phi) is 3.90. The van der Waals surface area contributed by atoms with E-state index in [9.17, 15) is 22.8 Å². The number of benzene rings is 1. The largest absolute Gasteiger partial charge is 0.487 e. The number of alkyl halides is 3. The number of ether oxygens (including phenoxy) is 1. The number of nitrogens with zero attached hydrogens (tertiary/aromatic N) is 3. The highest BCUT2D eigenvalue weighted by Crippen LogP contribution is 2.35. The zero-order valence-electron chi connectivity index (χ0n) is 13.1. The molecule has 0 fully saturated rings. The Labute approximate surface area is 137 Å². The van der Waals surface area contributed by atoms with Gasteiger partial charge >= 0.3 is 11.9 Å². The second-order valence-electron chi connectivity index (χ2n) is 5.35. The van der Waals surface area contributed by atoms with Gasteiger partial charge in [0.1, 0.15) is 12.4 Å². The first-order valence-corrected chi connectivity index (χ1v) is 7.04.